The molecule has 4 nitrogen and oxygen atoms in total. The fraction of sp³-hybridized carbons (Fsp3) is 0.176. The van der Waals surface area contributed by atoms with E-state index in [-0.39, 0.29) is 18.7 Å². The van der Waals surface area contributed by atoms with Crippen molar-refractivity contribution < 1.29 is 14.4 Å². The summed E-state index contributed by atoms with van der Waals surface area (Å²) in [6.45, 7) is 0.189. The Morgan fingerprint density at radius 3 is 2.64 bits per heavy atom. The monoisotopic (exact) mass is 359 g/mol. The van der Waals surface area contributed by atoms with E-state index in [0.717, 1.165) is 15.7 Å². The Balaban J connectivity index is 1.52. The second-order valence-electron chi connectivity index (χ2n) is 4.94. The molecule has 5 heteroatoms. The van der Waals surface area contributed by atoms with Gasteiger partial charge in [0, 0.05) is 10.9 Å². The zero-order chi connectivity index (χ0) is 15.4. The third kappa shape index (κ3) is 3.54. The molecule has 0 fully saturated rings. The second kappa shape index (κ2) is 6.75. The molecule has 0 saturated carbocycles. The number of hydrogen-bond donors (Lipinski definition) is 0. The van der Waals surface area contributed by atoms with Crippen LogP contribution in [0.15, 0.2) is 64.2 Å². The molecule has 0 radical (unpaired) electrons. The molecule has 3 rings (SSSR count). The van der Waals surface area contributed by atoms with Crippen LogP contribution in [0, 0.1) is 0 Å². The summed E-state index contributed by atoms with van der Waals surface area (Å²) in [6, 6.07) is 16.9. The highest BCUT2D eigenvalue weighted by molar-refractivity contribution is 9.10. The third-order valence-corrected chi connectivity index (χ3v) is 3.85. The first-order valence-electron chi connectivity index (χ1n) is 6.93. The zero-order valence-electron chi connectivity index (χ0n) is 11.7. The molecule has 1 atom stereocenters. The number of ether oxygens (including phenoxy) is 1. The van der Waals surface area contributed by atoms with Crippen LogP contribution in [0.2, 0.25) is 0 Å². The van der Waals surface area contributed by atoms with Gasteiger partial charge in [0.1, 0.15) is 6.61 Å². The largest absolute Gasteiger partial charge is 0.458 e. The molecule has 2 aromatic rings. The van der Waals surface area contributed by atoms with Crippen LogP contribution in [0.1, 0.15) is 22.3 Å². The van der Waals surface area contributed by atoms with E-state index in [0.29, 0.717) is 12.0 Å². The smallest absolute Gasteiger partial charge is 0.338 e. The quantitative estimate of drug-likeness (QED) is 0.780. The topological polar surface area (TPSA) is 47.9 Å². The first-order valence-corrected chi connectivity index (χ1v) is 7.72. The van der Waals surface area contributed by atoms with Gasteiger partial charge in [0.2, 0.25) is 0 Å². The maximum absolute atomic E-state index is 11.9. The van der Waals surface area contributed by atoms with Crippen LogP contribution < -0.4 is 0 Å². The Morgan fingerprint density at radius 2 is 1.91 bits per heavy atom. The molecule has 1 aliphatic heterocycles. The molecule has 0 amide bonds. The average molecular weight is 360 g/mol. The first kappa shape index (κ1) is 14.8. The molecule has 1 heterocycles. The van der Waals surface area contributed by atoms with Gasteiger partial charge >= 0.3 is 5.97 Å². The molecule has 0 N–H and O–H groups in total. The number of oxime groups is 1. The van der Waals surface area contributed by atoms with Gasteiger partial charge in [-0.15, -0.1) is 0 Å². The van der Waals surface area contributed by atoms with Crippen molar-refractivity contribution in [1.82, 2.24) is 0 Å². The van der Waals surface area contributed by atoms with Gasteiger partial charge in [0.05, 0.1) is 11.3 Å². The maximum atomic E-state index is 11.9. The maximum Gasteiger partial charge on any atom is 0.338 e. The number of carbonyl (C=O) groups excluding carboxylic acids is 1. The van der Waals surface area contributed by atoms with Crippen LogP contribution in [-0.4, -0.2) is 24.4 Å². The highest BCUT2D eigenvalue weighted by Gasteiger charge is 2.23. The van der Waals surface area contributed by atoms with Gasteiger partial charge in [-0.05, 0) is 29.8 Å². The predicted molar refractivity (Wildman–Crippen MR) is 86.9 cm³/mol. The summed E-state index contributed by atoms with van der Waals surface area (Å²) in [5.41, 5.74) is 2.43. The molecule has 0 aromatic heterocycles. The van der Waals surface area contributed by atoms with Crippen molar-refractivity contribution in [1.29, 1.82) is 0 Å². The van der Waals surface area contributed by atoms with Crippen molar-refractivity contribution in [3.05, 3.63) is 70.2 Å². The van der Waals surface area contributed by atoms with Gasteiger partial charge in [0.15, 0.2) is 6.10 Å². The van der Waals surface area contributed by atoms with E-state index in [1.807, 2.05) is 30.3 Å². The van der Waals surface area contributed by atoms with Crippen LogP contribution in [0.3, 0.4) is 0 Å². The summed E-state index contributed by atoms with van der Waals surface area (Å²) in [7, 11) is 0. The normalized spacial score (nSPS) is 16.8. The van der Waals surface area contributed by atoms with E-state index < -0.39 is 0 Å². The van der Waals surface area contributed by atoms with Crippen molar-refractivity contribution >= 4 is 27.6 Å². The number of esters is 1. The summed E-state index contributed by atoms with van der Waals surface area (Å²) in [6.07, 6.45) is 0.409. The Kier molecular flexibility index (Phi) is 4.53. The Hall–Kier alpha value is -2.14. The number of rotatable bonds is 4. The lowest BCUT2D eigenvalue weighted by atomic mass is 10.1. The number of nitrogens with zero attached hydrogens (tertiary/aromatic N) is 1. The number of carbonyl (C=O) groups is 1. The lowest BCUT2D eigenvalue weighted by Gasteiger charge is -2.09. The minimum Gasteiger partial charge on any atom is -0.458 e. The molecule has 0 bridgehead atoms. The van der Waals surface area contributed by atoms with E-state index in [1.54, 1.807) is 24.3 Å². The molecule has 2 aromatic carbocycles. The van der Waals surface area contributed by atoms with Crippen LogP contribution >= 0.6 is 15.9 Å². The van der Waals surface area contributed by atoms with Crippen LogP contribution in [0.25, 0.3) is 0 Å². The van der Waals surface area contributed by atoms with Crippen molar-refractivity contribution in [2.75, 3.05) is 6.61 Å². The minimum absolute atomic E-state index is 0.189. The standard InChI is InChI=1S/C17H14BrNO3/c18-14-8-6-13(7-9-14)17(20)21-11-15-10-16(19-22-15)12-4-2-1-3-5-12/h1-9,15H,10-11H2/t15-/m1/s1. The fourth-order valence-electron chi connectivity index (χ4n) is 2.16. The Bertz CT molecular complexity index is 683. The highest BCUT2D eigenvalue weighted by atomic mass is 79.9. The van der Waals surface area contributed by atoms with E-state index in [4.69, 9.17) is 9.57 Å². The van der Waals surface area contributed by atoms with Crippen molar-refractivity contribution in [3.63, 3.8) is 0 Å². The Morgan fingerprint density at radius 1 is 1.18 bits per heavy atom. The van der Waals surface area contributed by atoms with Crippen LogP contribution in [-0.2, 0) is 9.57 Å². The summed E-state index contributed by atoms with van der Waals surface area (Å²) >= 11 is 3.33. The summed E-state index contributed by atoms with van der Waals surface area (Å²) in [4.78, 5) is 17.3. The number of halogens is 1. The molecule has 22 heavy (non-hydrogen) atoms. The van der Waals surface area contributed by atoms with Crippen LogP contribution in [0.4, 0.5) is 0 Å². The van der Waals surface area contributed by atoms with Gasteiger partial charge < -0.3 is 9.57 Å². The van der Waals surface area contributed by atoms with Crippen molar-refractivity contribution in [2.24, 2.45) is 5.16 Å². The minimum atomic E-state index is -0.357. The van der Waals surface area contributed by atoms with Gasteiger partial charge in [-0.3, -0.25) is 0 Å². The first-order chi connectivity index (χ1) is 10.7. The van der Waals surface area contributed by atoms with E-state index in [1.165, 1.54) is 0 Å². The summed E-state index contributed by atoms with van der Waals surface area (Å²) in [5.74, 6) is -0.357. The fourth-order valence-corrected chi connectivity index (χ4v) is 2.42. The molecular formula is C17H14BrNO3. The van der Waals surface area contributed by atoms with Gasteiger partial charge in [0.25, 0.3) is 0 Å². The molecule has 0 saturated heterocycles. The predicted octanol–water partition coefficient (Wildman–Crippen LogP) is 3.80. The van der Waals surface area contributed by atoms with Gasteiger partial charge in [-0.1, -0.05) is 51.4 Å². The molecule has 112 valence electrons. The highest BCUT2D eigenvalue weighted by Crippen LogP contribution is 2.17. The lowest BCUT2D eigenvalue weighted by Crippen LogP contribution is -2.19. The number of benzene rings is 2. The summed E-state index contributed by atoms with van der Waals surface area (Å²) < 4.78 is 6.20. The van der Waals surface area contributed by atoms with E-state index in [2.05, 4.69) is 21.1 Å². The third-order valence-electron chi connectivity index (χ3n) is 3.32. The molecule has 0 spiro atoms. The van der Waals surface area contributed by atoms with Crippen molar-refractivity contribution in [2.45, 2.75) is 12.5 Å². The average Bonchev–Trinajstić information content (AvgIpc) is 3.03. The SMILES string of the molecule is O=C(OC[C@H]1CC(c2ccccc2)=NO1)c1ccc(Br)cc1. The van der Waals surface area contributed by atoms with Crippen LogP contribution in [0.5, 0.6) is 0 Å². The number of hydrogen-bond acceptors (Lipinski definition) is 4. The van der Waals surface area contributed by atoms with E-state index >= 15 is 0 Å². The van der Waals surface area contributed by atoms with E-state index in [9.17, 15) is 4.79 Å². The molecule has 1 aliphatic rings. The molecular weight excluding hydrogens is 346 g/mol. The zero-order valence-corrected chi connectivity index (χ0v) is 13.3. The van der Waals surface area contributed by atoms with Crippen molar-refractivity contribution in [3.8, 4) is 0 Å². The molecule has 0 unspecified atom stereocenters. The second-order valence-corrected chi connectivity index (χ2v) is 5.86. The summed E-state index contributed by atoms with van der Waals surface area (Å²) in [5, 5.41) is 4.07. The van der Waals surface area contributed by atoms with Gasteiger partial charge in [-0.2, -0.15) is 0 Å². The molecule has 0 aliphatic carbocycles. The van der Waals surface area contributed by atoms with Gasteiger partial charge in [-0.25, -0.2) is 4.79 Å². The Labute approximate surface area is 136 Å². The lowest BCUT2D eigenvalue weighted by molar-refractivity contribution is 0.00686.